The van der Waals surface area contributed by atoms with Crippen molar-refractivity contribution < 1.29 is 22.7 Å². The summed E-state index contributed by atoms with van der Waals surface area (Å²) in [6, 6.07) is 13.3. The van der Waals surface area contributed by atoms with Crippen LogP contribution >= 0.6 is 11.8 Å². The van der Waals surface area contributed by atoms with Crippen molar-refractivity contribution in [2.45, 2.75) is 31.2 Å². The lowest BCUT2D eigenvalue weighted by molar-refractivity contribution is -0.117. The number of hydrogen-bond donors (Lipinski definition) is 0. The van der Waals surface area contributed by atoms with Gasteiger partial charge in [-0.15, -0.1) is 0 Å². The molecule has 3 aliphatic rings. The predicted molar refractivity (Wildman–Crippen MR) is 119 cm³/mol. The fourth-order valence-corrected chi connectivity index (χ4v) is 8.17. The van der Waals surface area contributed by atoms with Gasteiger partial charge in [-0.05, 0) is 30.2 Å². The fourth-order valence-electron chi connectivity index (χ4n) is 4.20. The third-order valence-corrected chi connectivity index (χ3v) is 8.87. The minimum Gasteiger partial charge on any atom is -0.454 e. The number of fused-ring (bicyclic) bond motifs is 2. The van der Waals surface area contributed by atoms with Crippen molar-refractivity contribution >= 4 is 32.7 Å². The number of aryl methyl sites for hydroxylation is 1. The molecule has 162 valence electrons. The first-order valence-electron chi connectivity index (χ1n) is 10.1. The van der Waals surface area contributed by atoms with Gasteiger partial charge in [0.05, 0.1) is 24.0 Å². The lowest BCUT2D eigenvalue weighted by Gasteiger charge is -2.24. The van der Waals surface area contributed by atoms with Crippen molar-refractivity contribution in [3.8, 4) is 11.5 Å². The van der Waals surface area contributed by atoms with Crippen molar-refractivity contribution in [1.82, 2.24) is 4.90 Å². The van der Waals surface area contributed by atoms with Gasteiger partial charge in [0.2, 0.25) is 6.79 Å². The maximum atomic E-state index is 12.7. The first-order chi connectivity index (χ1) is 14.9. The van der Waals surface area contributed by atoms with E-state index < -0.39 is 9.84 Å². The fraction of sp³-hybridized carbons (Fsp3) is 0.364. The summed E-state index contributed by atoms with van der Waals surface area (Å²) in [7, 11) is -3.09. The standard InChI is InChI=1S/C22H22N2O5S2/c1-14-3-2-4-15(7-14)9-21(25)23-22-24(17-11-31(26,27)12-20(17)30-22)10-16-5-6-18-19(8-16)29-13-28-18/h2-8,17,20H,9-13H2,1H3. The summed E-state index contributed by atoms with van der Waals surface area (Å²) in [6.07, 6.45) is 0.219. The molecule has 2 atom stereocenters. The summed E-state index contributed by atoms with van der Waals surface area (Å²) < 4.78 is 35.3. The van der Waals surface area contributed by atoms with Crippen LogP contribution < -0.4 is 9.47 Å². The molecule has 2 fully saturated rings. The zero-order chi connectivity index (χ0) is 21.6. The molecule has 2 aromatic rings. The Kier molecular flexibility index (Phi) is 5.18. The van der Waals surface area contributed by atoms with E-state index in [-0.39, 0.29) is 41.9 Å². The van der Waals surface area contributed by atoms with Crippen LogP contribution in [0.15, 0.2) is 47.5 Å². The average Bonchev–Trinajstić information content (AvgIpc) is 3.35. The Hall–Kier alpha value is -2.52. The summed E-state index contributed by atoms with van der Waals surface area (Å²) >= 11 is 1.40. The summed E-state index contributed by atoms with van der Waals surface area (Å²) in [5.41, 5.74) is 2.97. The molecule has 0 bridgehead atoms. The summed E-state index contributed by atoms with van der Waals surface area (Å²) in [5, 5.41) is 0.491. The highest BCUT2D eigenvalue weighted by Gasteiger charge is 2.48. The Morgan fingerprint density at radius 3 is 2.81 bits per heavy atom. The molecule has 0 N–H and O–H groups in total. The summed E-state index contributed by atoms with van der Waals surface area (Å²) in [4.78, 5) is 19.1. The molecule has 0 aromatic heterocycles. The third-order valence-electron chi connectivity index (χ3n) is 5.62. The maximum absolute atomic E-state index is 12.7. The van der Waals surface area contributed by atoms with Gasteiger partial charge in [-0.2, -0.15) is 4.99 Å². The van der Waals surface area contributed by atoms with Crippen molar-refractivity contribution in [1.29, 1.82) is 0 Å². The number of thioether (sulfide) groups is 1. The van der Waals surface area contributed by atoms with Gasteiger partial charge in [0, 0.05) is 11.8 Å². The summed E-state index contributed by atoms with van der Waals surface area (Å²) in [5.74, 6) is 1.34. The van der Waals surface area contributed by atoms with E-state index in [1.54, 1.807) is 0 Å². The minimum atomic E-state index is -3.09. The first-order valence-corrected chi connectivity index (χ1v) is 12.8. The van der Waals surface area contributed by atoms with Crippen molar-refractivity contribution in [2.24, 2.45) is 4.99 Å². The van der Waals surface area contributed by atoms with E-state index in [0.29, 0.717) is 23.2 Å². The second kappa shape index (κ2) is 7.87. The quantitative estimate of drug-likeness (QED) is 0.696. The van der Waals surface area contributed by atoms with Gasteiger partial charge in [-0.3, -0.25) is 4.79 Å². The number of nitrogens with zero attached hydrogens (tertiary/aromatic N) is 2. The highest BCUT2D eigenvalue weighted by atomic mass is 32.2. The van der Waals surface area contributed by atoms with Crippen LogP contribution in [-0.4, -0.2) is 54.0 Å². The van der Waals surface area contributed by atoms with Crippen LogP contribution in [0, 0.1) is 6.92 Å². The monoisotopic (exact) mass is 458 g/mol. The van der Waals surface area contributed by atoms with Gasteiger partial charge < -0.3 is 14.4 Å². The molecule has 31 heavy (non-hydrogen) atoms. The number of amides is 1. The molecule has 9 heteroatoms. The van der Waals surface area contributed by atoms with E-state index in [4.69, 9.17) is 9.47 Å². The van der Waals surface area contributed by atoms with Gasteiger partial charge in [0.25, 0.3) is 5.91 Å². The van der Waals surface area contributed by atoms with Crippen LogP contribution in [0.5, 0.6) is 11.5 Å². The van der Waals surface area contributed by atoms with Gasteiger partial charge in [0.15, 0.2) is 26.5 Å². The third kappa shape index (κ3) is 4.29. The molecule has 0 saturated carbocycles. The zero-order valence-electron chi connectivity index (χ0n) is 17.0. The summed E-state index contributed by atoms with van der Waals surface area (Å²) in [6.45, 7) is 2.64. The minimum absolute atomic E-state index is 0.0836. The van der Waals surface area contributed by atoms with E-state index >= 15 is 0 Å². The number of rotatable bonds is 4. The normalized spacial score (nSPS) is 24.5. The Balaban J connectivity index is 1.40. The lowest BCUT2D eigenvalue weighted by Crippen LogP contribution is -2.37. The van der Waals surface area contributed by atoms with Crippen LogP contribution in [0.3, 0.4) is 0 Å². The first kappa shape index (κ1) is 20.4. The van der Waals surface area contributed by atoms with Gasteiger partial charge in [-0.25, -0.2) is 8.42 Å². The van der Waals surface area contributed by atoms with Crippen LogP contribution in [0.25, 0.3) is 0 Å². The number of carbonyl (C=O) groups is 1. The van der Waals surface area contributed by atoms with Crippen molar-refractivity contribution in [3.63, 3.8) is 0 Å². The highest BCUT2D eigenvalue weighted by molar-refractivity contribution is 8.15. The van der Waals surface area contributed by atoms with Crippen LogP contribution in [0.4, 0.5) is 0 Å². The number of sulfone groups is 1. The molecule has 3 heterocycles. The molecule has 0 spiro atoms. The number of ether oxygens (including phenoxy) is 2. The average molecular weight is 459 g/mol. The van der Waals surface area contributed by atoms with E-state index in [1.807, 2.05) is 54.3 Å². The molecule has 7 nitrogen and oxygen atoms in total. The molecule has 2 unspecified atom stereocenters. The number of benzene rings is 2. The Bertz CT molecular complexity index is 1180. The largest absolute Gasteiger partial charge is 0.454 e. The molecule has 3 aliphatic heterocycles. The zero-order valence-corrected chi connectivity index (χ0v) is 18.6. The second-order valence-electron chi connectivity index (χ2n) is 8.07. The van der Waals surface area contributed by atoms with Crippen molar-refractivity contribution in [2.75, 3.05) is 18.3 Å². The molecule has 5 rings (SSSR count). The van der Waals surface area contributed by atoms with E-state index in [0.717, 1.165) is 16.7 Å². The van der Waals surface area contributed by atoms with Crippen LogP contribution in [-0.2, 0) is 27.6 Å². The topological polar surface area (TPSA) is 85.3 Å². The molecule has 0 aliphatic carbocycles. The number of hydrogen-bond acceptors (Lipinski definition) is 6. The molecule has 2 saturated heterocycles. The predicted octanol–water partition coefficient (Wildman–Crippen LogP) is 2.56. The van der Waals surface area contributed by atoms with Gasteiger partial charge >= 0.3 is 0 Å². The number of aliphatic imine (C=N–C) groups is 1. The molecule has 0 radical (unpaired) electrons. The smallest absolute Gasteiger partial charge is 0.252 e. The maximum Gasteiger partial charge on any atom is 0.252 e. The number of amidine groups is 1. The van der Waals surface area contributed by atoms with E-state index in [9.17, 15) is 13.2 Å². The SMILES string of the molecule is Cc1cccc(CC(=O)N=C2SC3CS(=O)(=O)CC3N2Cc2ccc3c(c2)OCO3)c1. The second-order valence-corrected chi connectivity index (χ2v) is 11.4. The lowest BCUT2D eigenvalue weighted by atomic mass is 10.1. The van der Waals surface area contributed by atoms with Gasteiger partial charge in [-0.1, -0.05) is 47.7 Å². The molecule has 1 amide bonds. The Morgan fingerprint density at radius 1 is 1.13 bits per heavy atom. The molecular weight excluding hydrogens is 436 g/mol. The van der Waals surface area contributed by atoms with Crippen LogP contribution in [0.1, 0.15) is 16.7 Å². The number of carbonyl (C=O) groups excluding carboxylic acids is 1. The Labute approximate surface area is 185 Å². The van der Waals surface area contributed by atoms with Gasteiger partial charge in [0.1, 0.15) is 0 Å². The molecular formula is C22H22N2O5S2. The Morgan fingerprint density at radius 2 is 1.97 bits per heavy atom. The molecule has 2 aromatic carbocycles. The van der Waals surface area contributed by atoms with E-state index in [1.165, 1.54) is 11.8 Å². The van der Waals surface area contributed by atoms with Crippen LogP contribution in [0.2, 0.25) is 0 Å². The van der Waals surface area contributed by atoms with E-state index in [2.05, 4.69) is 4.99 Å². The van der Waals surface area contributed by atoms with Crippen molar-refractivity contribution in [3.05, 3.63) is 59.2 Å². The highest BCUT2D eigenvalue weighted by Crippen LogP contribution is 2.40.